The molecule has 0 aromatic heterocycles. The van der Waals surface area contributed by atoms with Crippen molar-refractivity contribution in [2.24, 2.45) is 0 Å². The Morgan fingerprint density at radius 1 is 1.23 bits per heavy atom. The van der Waals surface area contributed by atoms with Crippen LogP contribution in [0.4, 0.5) is 8.78 Å². The van der Waals surface area contributed by atoms with Crippen LogP contribution in [0.5, 0.6) is 0 Å². The summed E-state index contributed by atoms with van der Waals surface area (Å²) in [5.74, 6) is -2.34. The lowest BCUT2D eigenvalue weighted by Gasteiger charge is -2.39. The molecular weight excluding hydrogens is 342 g/mol. The van der Waals surface area contributed by atoms with Crippen LogP contribution in [0.15, 0.2) is 18.2 Å². The maximum absolute atomic E-state index is 13.9. The molecular formula is C19H26F2N2O3. The standard InChI is InChI=1S/C19H26F2N2O3/c20-16-4-1-3-13(17(16)21)11-23-10-2-9-19(26,18(23)25)12-22-14-5-7-15(24)8-6-14/h1,3-4,14-15,22,24,26H,2,5-12H2. The number of halogens is 2. The van der Waals surface area contributed by atoms with Gasteiger partial charge < -0.3 is 20.4 Å². The molecule has 2 aliphatic rings. The van der Waals surface area contributed by atoms with Gasteiger partial charge in [-0.2, -0.15) is 0 Å². The molecule has 1 heterocycles. The molecule has 5 nitrogen and oxygen atoms in total. The Balaban J connectivity index is 1.61. The van der Waals surface area contributed by atoms with Gasteiger partial charge in [-0.1, -0.05) is 12.1 Å². The maximum atomic E-state index is 13.9. The third-order valence-electron chi connectivity index (χ3n) is 5.48. The Bertz CT molecular complexity index is 650. The van der Waals surface area contributed by atoms with Crippen LogP contribution in [0, 0.1) is 11.6 Å². The van der Waals surface area contributed by atoms with Crippen LogP contribution in [-0.4, -0.2) is 51.9 Å². The van der Waals surface area contributed by atoms with Crippen molar-refractivity contribution in [2.75, 3.05) is 13.1 Å². The highest BCUT2D eigenvalue weighted by Crippen LogP contribution is 2.26. The van der Waals surface area contributed by atoms with Crippen LogP contribution < -0.4 is 5.32 Å². The van der Waals surface area contributed by atoms with Crippen molar-refractivity contribution in [1.82, 2.24) is 10.2 Å². The van der Waals surface area contributed by atoms with E-state index >= 15 is 0 Å². The summed E-state index contributed by atoms with van der Waals surface area (Å²) in [5.41, 5.74) is -1.42. The number of hydrogen-bond acceptors (Lipinski definition) is 4. The van der Waals surface area contributed by atoms with Gasteiger partial charge in [0.15, 0.2) is 17.2 Å². The molecule has 26 heavy (non-hydrogen) atoms. The van der Waals surface area contributed by atoms with Crippen LogP contribution in [0.3, 0.4) is 0 Å². The van der Waals surface area contributed by atoms with E-state index in [2.05, 4.69) is 5.32 Å². The summed E-state index contributed by atoms with van der Waals surface area (Å²) in [6.45, 7) is 0.488. The van der Waals surface area contributed by atoms with Gasteiger partial charge in [0.2, 0.25) is 0 Å². The molecule has 3 N–H and O–H groups in total. The van der Waals surface area contributed by atoms with E-state index < -0.39 is 23.1 Å². The van der Waals surface area contributed by atoms with Crippen LogP contribution in [-0.2, 0) is 11.3 Å². The number of nitrogens with one attached hydrogen (secondary N) is 1. The zero-order valence-electron chi connectivity index (χ0n) is 14.8. The van der Waals surface area contributed by atoms with E-state index in [1.165, 1.54) is 17.0 Å². The second kappa shape index (κ2) is 7.98. The highest BCUT2D eigenvalue weighted by Gasteiger charge is 2.42. The van der Waals surface area contributed by atoms with Crippen molar-refractivity contribution >= 4 is 5.91 Å². The van der Waals surface area contributed by atoms with Crippen molar-refractivity contribution < 1.29 is 23.8 Å². The quantitative estimate of drug-likeness (QED) is 0.740. The summed E-state index contributed by atoms with van der Waals surface area (Å²) >= 11 is 0. The number of hydrogen-bond donors (Lipinski definition) is 3. The lowest BCUT2D eigenvalue weighted by Crippen LogP contribution is -2.59. The number of carbonyl (C=O) groups is 1. The fraction of sp³-hybridized carbons (Fsp3) is 0.632. The number of benzene rings is 1. The highest BCUT2D eigenvalue weighted by atomic mass is 19.2. The van der Waals surface area contributed by atoms with Gasteiger partial charge in [0.05, 0.1) is 6.10 Å². The van der Waals surface area contributed by atoms with Crippen LogP contribution in [0.25, 0.3) is 0 Å². The highest BCUT2D eigenvalue weighted by molar-refractivity contribution is 5.86. The van der Waals surface area contributed by atoms with Gasteiger partial charge in [-0.05, 0) is 44.6 Å². The summed E-state index contributed by atoms with van der Waals surface area (Å²) < 4.78 is 27.3. The minimum atomic E-state index is -1.53. The van der Waals surface area contributed by atoms with E-state index in [0.717, 1.165) is 31.7 Å². The molecule has 1 saturated heterocycles. The second-order valence-corrected chi connectivity index (χ2v) is 7.46. The van der Waals surface area contributed by atoms with Crippen molar-refractivity contribution in [2.45, 2.75) is 62.8 Å². The maximum Gasteiger partial charge on any atom is 0.256 e. The lowest BCUT2D eigenvalue weighted by atomic mass is 9.89. The van der Waals surface area contributed by atoms with Crippen LogP contribution >= 0.6 is 0 Å². The number of likely N-dealkylation sites (tertiary alicyclic amines) is 1. The van der Waals surface area contributed by atoms with Crippen molar-refractivity contribution in [3.63, 3.8) is 0 Å². The fourth-order valence-corrected chi connectivity index (χ4v) is 3.85. The molecule has 0 radical (unpaired) electrons. The van der Waals surface area contributed by atoms with Gasteiger partial charge in [-0.25, -0.2) is 8.78 Å². The summed E-state index contributed by atoms with van der Waals surface area (Å²) in [6, 6.07) is 4.07. The van der Waals surface area contributed by atoms with E-state index in [1.54, 1.807) is 0 Å². The van der Waals surface area contributed by atoms with Crippen molar-refractivity contribution in [1.29, 1.82) is 0 Å². The number of amides is 1. The Morgan fingerprint density at radius 3 is 2.69 bits per heavy atom. The number of aliphatic hydroxyl groups excluding tert-OH is 1. The zero-order chi connectivity index (χ0) is 18.7. The molecule has 1 unspecified atom stereocenters. The number of nitrogens with zero attached hydrogens (tertiary/aromatic N) is 1. The second-order valence-electron chi connectivity index (χ2n) is 7.46. The summed E-state index contributed by atoms with van der Waals surface area (Å²) in [5, 5.41) is 23.6. The molecule has 144 valence electrons. The first-order valence-electron chi connectivity index (χ1n) is 9.25. The minimum absolute atomic E-state index is 0.0552. The first-order valence-corrected chi connectivity index (χ1v) is 9.25. The smallest absolute Gasteiger partial charge is 0.256 e. The number of carbonyl (C=O) groups excluding carboxylic acids is 1. The van der Waals surface area contributed by atoms with Crippen LogP contribution in [0.1, 0.15) is 44.1 Å². The average molecular weight is 368 g/mol. The van der Waals surface area contributed by atoms with E-state index in [-0.39, 0.29) is 30.8 Å². The Morgan fingerprint density at radius 2 is 1.96 bits per heavy atom. The van der Waals surface area contributed by atoms with Gasteiger partial charge in [0.25, 0.3) is 5.91 Å². The lowest BCUT2D eigenvalue weighted by molar-refractivity contribution is -0.157. The zero-order valence-corrected chi connectivity index (χ0v) is 14.8. The van der Waals surface area contributed by atoms with Gasteiger partial charge in [-0.15, -0.1) is 0 Å². The van der Waals surface area contributed by atoms with Gasteiger partial charge in [0, 0.05) is 31.2 Å². The van der Waals surface area contributed by atoms with E-state index in [1.807, 2.05) is 0 Å². The Hall–Kier alpha value is -1.57. The molecule has 1 aliphatic carbocycles. The number of piperidine rings is 1. The third-order valence-corrected chi connectivity index (χ3v) is 5.48. The molecule has 1 atom stereocenters. The van der Waals surface area contributed by atoms with E-state index in [4.69, 9.17) is 0 Å². The summed E-state index contributed by atoms with van der Waals surface area (Å²) in [4.78, 5) is 14.1. The molecule has 1 aromatic rings. The number of aliphatic hydroxyl groups is 2. The summed E-state index contributed by atoms with van der Waals surface area (Å²) in [7, 11) is 0. The molecule has 1 amide bonds. The monoisotopic (exact) mass is 368 g/mol. The Kier molecular flexibility index (Phi) is 5.89. The molecule has 3 rings (SSSR count). The van der Waals surface area contributed by atoms with Gasteiger partial charge in [-0.3, -0.25) is 4.79 Å². The predicted octanol–water partition coefficient (Wildman–Crippen LogP) is 1.71. The molecule has 7 heteroatoms. The SMILES string of the molecule is O=C1N(Cc2cccc(F)c2F)CCCC1(O)CNC1CCC(O)CC1. The average Bonchev–Trinajstić information content (AvgIpc) is 2.62. The van der Waals surface area contributed by atoms with E-state index in [0.29, 0.717) is 19.4 Å². The fourth-order valence-electron chi connectivity index (χ4n) is 3.85. The predicted molar refractivity (Wildman–Crippen MR) is 92.2 cm³/mol. The third kappa shape index (κ3) is 4.22. The largest absolute Gasteiger partial charge is 0.393 e. The first kappa shape index (κ1) is 19.2. The van der Waals surface area contributed by atoms with Gasteiger partial charge >= 0.3 is 0 Å². The van der Waals surface area contributed by atoms with Crippen molar-refractivity contribution in [3.05, 3.63) is 35.4 Å². The normalized spacial score (nSPS) is 29.8. The molecule has 0 spiro atoms. The molecule has 1 saturated carbocycles. The van der Waals surface area contributed by atoms with E-state index in [9.17, 15) is 23.8 Å². The Labute approximate surface area is 152 Å². The first-order chi connectivity index (χ1) is 12.4. The van der Waals surface area contributed by atoms with Crippen LogP contribution in [0.2, 0.25) is 0 Å². The van der Waals surface area contributed by atoms with Gasteiger partial charge in [0.1, 0.15) is 0 Å². The molecule has 1 aliphatic heterocycles. The minimum Gasteiger partial charge on any atom is -0.393 e. The summed E-state index contributed by atoms with van der Waals surface area (Å²) in [6.07, 6.45) is 3.74. The molecule has 1 aromatic carbocycles. The van der Waals surface area contributed by atoms with Crippen molar-refractivity contribution in [3.8, 4) is 0 Å². The molecule has 2 fully saturated rings. The molecule has 0 bridgehead atoms. The number of rotatable bonds is 5. The topological polar surface area (TPSA) is 72.8 Å².